The van der Waals surface area contributed by atoms with Gasteiger partial charge >= 0.3 is 0 Å². The molecule has 3 nitrogen and oxygen atoms in total. The molecule has 0 aliphatic rings. The molecule has 1 N–H and O–H groups in total. The lowest BCUT2D eigenvalue weighted by atomic mass is 10.0. The van der Waals surface area contributed by atoms with E-state index in [9.17, 15) is 14.0 Å². The molecule has 0 fully saturated rings. The summed E-state index contributed by atoms with van der Waals surface area (Å²) in [4.78, 5) is 21.6. The fourth-order valence-corrected chi connectivity index (χ4v) is 1.13. The second-order valence-corrected chi connectivity index (χ2v) is 2.89. The largest absolute Gasteiger partial charge is 0.355 e. The minimum absolute atomic E-state index is 0.0457. The van der Waals surface area contributed by atoms with Crippen LogP contribution in [0.5, 0.6) is 0 Å². The van der Waals surface area contributed by atoms with E-state index in [2.05, 4.69) is 5.32 Å². The fourth-order valence-electron chi connectivity index (χ4n) is 1.13. The molecule has 1 aromatic rings. The molecule has 0 heterocycles. The minimum atomic E-state index is -0.683. The number of aldehydes is 1. The van der Waals surface area contributed by atoms with E-state index in [1.165, 1.54) is 13.1 Å². The molecule has 14 heavy (non-hydrogen) atoms. The fraction of sp³-hybridized carbons (Fsp3) is 0.200. The van der Waals surface area contributed by atoms with Gasteiger partial charge in [-0.15, -0.1) is 0 Å². The Morgan fingerprint density at radius 1 is 1.50 bits per heavy atom. The predicted molar refractivity (Wildman–Crippen MR) is 49.9 cm³/mol. The van der Waals surface area contributed by atoms with Gasteiger partial charge in [-0.2, -0.15) is 0 Å². The van der Waals surface area contributed by atoms with Crippen LogP contribution in [0.15, 0.2) is 12.1 Å². The first kappa shape index (κ1) is 10.4. The Balaban J connectivity index is 3.28. The lowest BCUT2D eigenvalue weighted by Crippen LogP contribution is -2.19. The molecule has 0 unspecified atom stereocenters. The van der Waals surface area contributed by atoms with Crippen molar-refractivity contribution in [3.63, 3.8) is 0 Å². The third-order valence-corrected chi connectivity index (χ3v) is 1.95. The molecule has 1 amide bonds. The lowest BCUT2D eigenvalue weighted by Gasteiger charge is -2.04. The summed E-state index contributed by atoms with van der Waals surface area (Å²) in [6.45, 7) is 1.65. The predicted octanol–water partition coefficient (Wildman–Crippen LogP) is 1.31. The van der Waals surface area contributed by atoms with Crippen molar-refractivity contribution >= 4 is 12.2 Å². The van der Waals surface area contributed by atoms with E-state index in [1.807, 2.05) is 0 Å². The number of hydrogen-bond acceptors (Lipinski definition) is 2. The van der Waals surface area contributed by atoms with Crippen molar-refractivity contribution in [2.75, 3.05) is 7.05 Å². The van der Waals surface area contributed by atoms with E-state index < -0.39 is 11.7 Å². The smallest absolute Gasteiger partial charge is 0.254 e. The van der Waals surface area contributed by atoms with E-state index >= 15 is 0 Å². The summed E-state index contributed by atoms with van der Waals surface area (Å²) in [6.07, 6.45) is 0.562. The van der Waals surface area contributed by atoms with Crippen molar-refractivity contribution in [3.8, 4) is 0 Å². The van der Waals surface area contributed by atoms with Crippen LogP contribution < -0.4 is 5.32 Å². The van der Waals surface area contributed by atoms with Crippen LogP contribution in [0.25, 0.3) is 0 Å². The molecule has 74 valence electrons. The monoisotopic (exact) mass is 195 g/mol. The van der Waals surface area contributed by atoms with Crippen LogP contribution in [0.2, 0.25) is 0 Å². The Hall–Kier alpha value is -1.71. The van der Waals surface area contributed by atoms with Gasteiger partial charge in [0.25, 0.3) is 5.91 Å². The van der Waals surface area contributed by atoms with Gasteiger partial charge < -0.3 is 5.32 Å². The van der Waals surface area contributed by atoms with Crippen molar-refractivity contribution < 1.29 is 14.0 Å². The first-order chi connectivity index (χ1) is 6.60. The Labute approximate surface area is 80.9 Å². The molecule has 4 heteroatoms. The maximum absolute atomic E-state index is 13.2. The van der Waals surface area contributed by atoms with E-state index in [-0.39, 0.29) is 11.1 Å². The van der Waals surface area contributed by atoms with Gasteiger partial charge in [0.2, 0.25) is 0 Å². The highest BCUT2D eigenvalue weighted by Gasteiger charge is 2.12. The average molecular weight is 195 g/mol. The summed E-state index contributed by atoms with van der Waals surface area (Å²) in [5.41, 5.74) is 0.797. The zero-order valence-corrected chi connectivity index (χ0v) is 7.93. The van der Waals surface area contributed by atoms with Gasteiger partial charge in [-0.3, -0.25) is 9.59 Å². The number of aryl methyl sites for hydroxylation is 1. The highest BCUT2D eigenvalue weighted by atomic mass is 19.1. The molecule has 0 aromatic heterocycles. The van der Waals surface area contributed by atoms with Crippen LogP contribution in [-0.4, -0.2) is 19.2 Å². The number of halogens is 1. The van der Waals surface area contributed by atoms with Crippen LogP contribution in [0, 0.1) is 12.7 Å². The number of amides is 1. The Morgan fingerprint density at radius 2 is 2.14 bits per heavy atom. The highest BCUT2D eigenvalue weighted by Crippen LogP contribution is 2.13. The summed E-state index contributed by atoms with van der Waals surface area (Å²) in [5.74, 6) is -1.18. The topological polar surface area (TPSA) is 46.2 Å². The normalized spacial score (nSPS) is 9.64. The van der Waals surface area contributed by atoms with Gasteiger partial charge in [0.05, 0.1) is 5.56 Å². The summed E-state index contributed by atoms with van der Waals surface area (Å²) in [7, 11) is 1.42. The number of carbonyl (C=O) groups excluding carboxylic acids is 2. The summed E-state index contributed by atoms with van der Waals surface area (Å²) >= 11 is 0. The maximum atomic E-state index is 13.2. The molecule has 1 aromatic carbocycles. The molecular weight excluding hydrogens is 185 g/mol. The van der Waals surface area contributed by atoms with E-state index in [0.29, 0.717) is 11.8 Å². The maximum Gasteiger partial charge on any atom is 0.254 e. The highest BCUT2D eigenvalue weighted by molar-refractivity contribution is 5.95. The molecule has 1 rings (SSSR count). The van der Waals surface area contributed by atoms with Gasteiger partial charge in [-0.1, -0.05) is 0 Å². The standard InChI is InChI=1S/C10H10FNO2/c1-6-3-8(10(14)12-2)9(11)4-7(6)5-13/h3-5H,1-2H3,(H,12,14). The summed E-state index contributed by atoms with van der Waals surface area (Å²) < 4.78 is 13.2. The molecule has 0 aliphatic carbocycles. The van der Waals surface area contributed by atoms with E-state index in [4.69, 9.17) is 0 Å². The zero-order valence-electron chi connectivity index (χ0n) is 7.93. The van der Waals surface area contributed by atoms with Gasteiger partial charge in [-0.05, 0) is 24.6 Å². The number of nitrogens with one attached hydrogen (secondary N) is 1. The van der Waals surface area contributed by atoms with Crippen LogP contribution in [0.3, 0.4) is 0 Å². The molecule has 0 atom stereocenters. The zero-order chi connectivity index (χ0) is 10.7. The van der Waals surface area contributed by atoms with Gasteiger partial charge in [-0.25, -0.2) is 4.39 Å². The molecule has 0 saturated carbocycles. The van der Waals surface area contributed by atoms with Crippen LogP contribution >= 0.6 is 0 Å². The third-order valence-electron chi connectivity index (χ3n) is 1.95. The average Bonchev–Trinajstić information content (AvgIpc) is 2.19. The second kappa shape index (κ2) is 4.00. The van der Waals surface area contributed by atoms with Crippen LogP contribution in [0.4, 0.5) is 4.39 Å². The number of hydrogen-bond donors (Lipinski definition) is 1. The van der Waals surface area contributed by atoms with Crippen LogP contribution in [0.1, 0.15) is 26.3 Å². The molecule has 0 bridgehead atoms. The summed E-state index contributed by atoms with van der Waals surface area (Å²) in [5, 5.41) is 2.32. The van der Waals surface area contributed by atoms with E-state index in [0.717, 1.165) is 6.07 Å². The number of rotatable bonds is 2. The Bertz CT molecular complexity index is 388. The van der Waals surface area contributed by atoms with Crippen molar-refractivity contribution in [1.29, 1.82) is 0 Å². The third kappa shape index (κ3) is 1.79. The van der Waals surface area contributed by atoms with Gasteiger partial charge in [0, 0.05) is 12.6 Å². The molecule has 0 aliphatic heterocycles. The van der Waals surface area contributed by atoms with Crippen molar-refractivity contribution in [2.24, 2.45) is 0 Å². The van der Waals surface area contributed by atoms with Crippen molar-refractivity contribution in [1.82, 2.24) is 5.32 Å². The second-order valence-electron chi connectivity index (χ2n) is 2.89. The van der Waals surface area contributed by atoms with Crippen molar-refractivity contribution in [3.05, 3.63) is 34.6 Å². The first-order valence-electron chi connectivity index (χ1n) is 4.07. The molecule has 0 saturated heterocycles. The van der Waals surface area contributed by atoms with Crippen LogP contribution in [-0.2, 0) is 0 Å². The van der Waals surface area contributed by atoms with Crippen molar-refractivity contribution in [2.45, 2.75) is 6.92 Å². The summed E-state index contributed by atoms with van der Waals surface area (Å²) in [6, 6.07) is 2.42. The SMILES string of the molecule is CNC(=O)c1cc(C)c(C=O)cc1F. The lowest BCUT2D eigenvalue weighted by molar-refractivity contribution is 0.0958. The number of benzene rings is 1. The molecular formula is C10H10FNO2. The van der Waals surface area contributed by atoms with Gasteiger partial charge in [0.15, 0.2) is 0 Å². The molecule has 0 spiro atoms. The first-order valence-corrected chi connectivity index (χ1v) is 4.07. The Morgan fingerprint density at radius 3 is 2.64 bits per heavy atom. The minimum Gasteiger partial charge on any atom is -0.355 e. The number of carbonyl (C=O) groups is 2. The molecule has 0 radical (unpaired) electrons. The van der Waals surface area contributed by atoms with Gasteiger partial charge in [0.1, 0.15) is 12.1 Å². The quantitative estimate of drug-likeness (QED) is 0.723. The Kier molecular flexibility index (Phi) is 2.96. The van der Waals surface area contributed by atoms with E-state index in [1.54, 1.807) is 6.92 Å².